The average Bonchev–Trinajstić information content (AvgIpc) is 2.55. The molecule has 0 spiro atoms. The second-order valence-electron chi connectivity index (χ2n) is 2.28. The maximum absolute atomic E-state index is 12.9. The smallest absolute Gasteiger partial charge is 0.175 e. The number of hydrogen-bond donors (Lipinski definition) is 0. The molecule has 2 aromatic rings. The molecule has 2 aromatic heterocycles. The van der Waals surface area contributed by atoms with Gasteiger partial charge in [0.2, 0.25) is 0 Å². The summed E-state index contributed by atoms with van der Waals surface area (Å²) in [5.74, 6) is -0.562. The van der Waals surface area contributed by atoms with Gasteiger partial charge in [0.25, 0.3) is 0 Å². The van der Waals surface area contributed by atoms with Crippen LogP contribution in [0, 0.1) is 5.82 Å². The number of pyridine rings is 1. The number of fused-ring (bicyclic) bond motifs is 1. The molecule has 0 bridgehead atoms. The first-order chi connectivity index (χ1) is 6.22. The van der Waals surface area contributed by atoms with E-state index in [-0.39, 0.29) is 5.02 Å². The zero-order chi connectivity index (χ0) is 9.42. The SMILES string of the molecule is Fc1cnc2cc(SI)oc2c1Cl. The van der Waals surface area contributed by atoms with E-state index in [0.717, 1.165) is 6.20 Å². The maximum Gasteiger partial charge on any atom is 0.175 e. The van der Waals surface area contributed by atoms with Crippen LogP contribution in [0.4, 0.5) is 4.39 Å². The van der Waals surface area contributed by atoms with Crippen LogP contribution < -0.4 is 0 Å². The van der Waals surface area contributed by atoms with Gasteiger partial charge in [0.05, 0.1) is 6.20 Å². The molecule has 0 unspecified atom stereocenters. The van der Waals surface area contributed by atoms with Gasteiger partial charge in [-0.05, 0) is 8.93 Å². The van der Waals surface area contributed by atoms with Crippen molar-refractivity contribution < 1.29 is 8.81 Å². The third-order valence-electron chi connectivity index (χ3n) is 1.49. The third kappa shape index (κ3) is 1.64. The highest BCUT2D eigenvalue weighted by atomic mass is 127. The Balaban J connectivity index is 2.76. The highest BCUT2D eigenvalue weighted by Gasteiger charge is 2.11. The quantitative estimate of drug-likeness (QED) is 0.738. The van der Waals surface area contributed by atoms with Crippen molar-refractivity contribution in [3.63, 3.8) is 0 Å². The van der Waals surface area contributed by atoms with Crippen molar-refractivity contribution in [2.45, 2.75) is 5.09 Å². The number of hydrogen-bond acceptors (Lipinski definition) is 3. The van der Waals surface area contributed by atoms with Crippen LogP contribution in [0.25, 0.3) is 11.1 Å². The maximum atomic E-state index is 12.9. The molecule has 0 aliphatic carbocycles. The summed E-state index contributed by atoms with van der Waals surface area (Å²) < 4.78 is 18.1. The summed E-state index contributed by atoms with van der Waals surface area (Å²) >= 11 is 7.74. The molecule has 0 N–H and O–H groups in total. The lowest BCUT2D eigenvalue weighted by Gasteiger charge is -1.92. The van der Waals surface area contributed by atoms with Crippen molar-refractivity contribution in [1.29, 1.82) is 0 Å². The van der Waals surface area contributed by atoms with Crippen LogP contribution in [0.15, 0.2) is 21.8 Å². The first kappa shape index (κ1) is 9.54. The van der Waals surface area contributed by atoms with E-state index in [2.05, 4.69) is 26.2 Å². The minimum Gasteiger partial charge on any atom is -0.446 e. The molecule has 0 fully saturated rings. The van der Waals surface area contributed by atoms with Gasteiger partial charge in [-0.1, -0.05) is 11.6 Å². The fourth-order valence-electron chi connectivity index (χ4n) is 0.942. The summed E-state index contributed by atoms with van der Waals surface area (Å²) in [6, 6.07) is 1.72. The molecule has 68 valence electrons. The average molecular weight is 330 g/mol. The highest BCUT2D eigenvalue weighted by molar-refractivity contribution is 14.2. The largest absolute Gasteiger partial charge is 0.446 e. The summed E-state index contributed by atoms with van der Waals surface area (Å²) in [7, 11) is 1.39. The molecule has 0 aliphatic rings. The molecule has 6 heteroatoms. The number of furan rings is 1. The van der Waals surface area contributed by atoms with Gasteiger partial charge >= 0.3 is 0 Å². The van der Waals surface area contributed by atoms with Crippen molar-refractivity contribution in [3.05, 3.63) is 23.1 Å². The van der Waals surface area contributed by atoms with Crippen LogP contribution in [0.1, 0.15) is 0 Å². The van der Waals surface area contributed by atoms with Gasteiger partial charge in [0.1, 0.15) is 10.5 Å². The fraction of sp³-hybridized carbons (Fsp3) is 0. The van der Waals surface area contributed by atoms with Crippen LogP contribution in [0.2, 0.25) is 5.02 Å². The number of nitrogens with zero attached hydrogens (tertiary/aromatic N) is 1. The predicted octanol–water partition coefficient (Wildman–Crippen LogP) is 4.06. The van der Waals surface area contributed by atoms with Gasteiger partial charge in [0, 0.05) is 27.3 Å². The highest BCUT2D eigenvalue weighted by Crippen LogP contribution is 2.34. The normalized spacial score (nSPS) is 11.0. The molecule has 0 amide bonds. The van der Waals surface area contributed by atoms with E-state index >= 15 is 0 Å². The van der Waals surface area contributed by atoms with Crippen LogP contribution in [0.3, 0.4) is 0 Å². The lowest BCUT2D eigenvalue weighted by atomic mass is 10.4. The molecule has 2 heterocycles. The lowest BCUT2D eigenvalue weighted by Crippen LogP contribution is -1.79. The minimum atomic E-state index is -0.562. The van der Waals surface area contributed by atoms with Crippen LogP contribution >= 0.6 is 41.7 Å². The Hall–Kier alpha value is -0.0100. The second kappa shape index (κ2) is 3.62. The van der Waals surface area contributed by atoms with Crippen LogP contribution in [-0.4, -0.2) is 4.98 Å². The topological polar surface area (TPSA) is 26.0 Å². The van der Waals surface area contributed by atoms with Gasteiger partial charge in [-0.3, -0.25) is 0 Å². The molecule has 2 nitrogen and oxygen atoms in total. The zero-order valence-electron chi connectivity index (χ0n) is 6.05. The summed E-state index contributed by atoms with van der Waals surface area (Å²) in [6.07, 6.45) is 1.09. The van der Waals surface area contributed by atoms with Crippen molar-refractivity contribution in [2.24, 2.45) is 0 Å². The fourth-order valence-corrected chi connectivity index (χ4v) is 2.05. The molecule has 0 aliphatic heterocycles. The molecule has 0 aromatic carbocycles. The third-order valence-corrected chi connectivity index (χ3v) is 3.50. The molecule has 0 radical (unpaired) electrons. The van der Waals surface area contributed by atoms with E-state index in [1.165, 1.54) is 8.93 Å². The Morgan fingerprint density at radius 1 is 1.62 bits per heavy atom. The summed E-state index contributed by atoms with van der Waals surface area (Å²) in [5.41, 5.74) is 0.881. The van der Waals surface area contributed by atoms with Crippen LogP contribution in [0.5, 0.6) is 0 Å². The second-order valence-corrected chi connectivity index (χ2v) is 4.53. The van der Waals surface area contributed by atoms with E-state index in [0.29, 0.717) is 16.2 Å². The number of rotatable bonds is 1. The predicted molar refractivity (Wildman–Crippen MR) is 58.9 cm³/mol. The molecular weight excluding hydrogens is 328 g/mol. The van der Waals surface area contributed by atoms with Gasteiger partial charge < -0.3 is 4.42 Å². The van der Waals surface area contributed by atoms with Gasteiger partial charge in [-0.2, -0.15) is 0 Å². The minimum absolute atomic E-state index is 0.0123. The Kier molecular flexibility index (Phi) is 2.66. The Morgan fingerprint density at radius 2 is 2.38 bits per heavy atom. The zero-order valence-corrected chi connectivity index (χ0v) is 9.78. The molecule has 2 rings (SSSR count). The molecular formula is C7H2ClFINOS. The van der Waals surface area contributed by atoms with Crippen molar-refractivity contribution >= 4 is 52.8 Å². The molecule has 0 atom stereocenters. The van der Waals surface area contributed by atoms with Crippen LogP contribution in [-0.2, 0) is 0 Å². The summed E-state index contributed by atoms with van der Waals surface area (Å²) in [4.78, 5) is 3.84. The number of aromatic nitrogens is 1. The Bertz CT molecular complexity index is 461. The molecule has 0 saturated heterocycles. The molecule has 0 saturated carbocycles. The first-order valence-electron chi connectivity index (χ1n) is 3.24. The van der Waals surface area contributed by atoms with E-state index < -0.39 is 5.82 Å². The first-order valence-corrected chi connectivity index (χ1v) is 6.98. The number of halogens is 3. The van der Waals surface area contributed by atoms with E-state index in [1.807, 2.05) is 0 Å². The molecule has 13 heavy (non-hydrogen) atoms. The van der Waals surface area contributed by atoms with Gasteiger partial charge in [0.15, 0.2) is 16.5 Å². The van der Waals surface area contributed by atoms with Gasteiger partial charge in [-0.15, -0.1) is 0 Å². The van der Waals surface area contributed by atoms with Gasteiger partial charge in [-0.25, -0.2) is 9.37 Å². The van der Waals surface area contributed by atoms with Crippen molar-refractivity contribution in [2.75, 3.05) is 0 Å². The standard InChI is InChI=1S/C7H2ClFINOS/c8-6-3(9)2-11-4-1-5(13-10)12-7(4)6/h1-2H. The Morgan fingerprint density at radius 3 is 3.08 bits per heavy atom. The Labute approximate surface area is 94.4 Å². The van der Waals surface area contributed by atoms with E-state index in [1.54, 1.807) is 6.07 Å². The van der Waals surface area contributed by atoms with Crippen molar-refractivity contribution in [3.8, 4) is 0 Å². The van der Waals surface area contributed by atoms with Crippen molar-refractivity contribution in [1.82, 2.24) is 4.98 Å². The monoisotopic (exact) mass is 329 g/mol. The summed E-state index contributed by atoms with van der Waals surface area (Å²) in [6.45, 7) is 0. The van der Waals surface area contributed by atoms with E-state index in [9.17, 15) is 4.39 Å². The van der Waals surface area contributed by atoms with E-state index in [4.69, 9.17) is 16.0 Å². The summed E-state index contributed by atoms with van der Waals surface area (Å²) in [5, 5.41) is 0.650. The lowest BCUT2D eigenvalue weighted by molar-refractivity contribution is 0.513.